The fourth-order valence-corrected chi connectivity index (χ4v) is 3.34. The van der Waals surface area contributed by atoms with E-state index in [1.54, 1.807) is 12.1 Å². The lowest BCUT2D eigenvalue weighted by molar-refractivity contribution is -0.115. The highest BCUT2D eigenvalue weighted by atomic mass is 35.5. The zero-order chi connectivity index (χ0) is 16.5. The Morgan fingerprint density at radius 2 is 1.67 bits per heavy atom. The van der Waals surface area contributed by atoms with Crippen molar-refractivity contribution >= 4 is 23.2 Å². The SMILES string of the molecule is O=C(Cc1ccc(Cl)cc1)Nc1ccc2c(c1)Cc1ccccc1-2. The standard InChI is InChI=1S/C21H16ClNO/c22-17-7-5-14(6-8-17)11-21(24)23-18-9-10-20-16(13-18)12-15-3-1-2-4-19(15)20/h1-10,13H,11-12H2,(H,23,24). The van der Waals surface area contributed by atoms with Crippen LogP contribution in [0.15, 0.2) is 66.7 Å². The Morgan fingerprint density at radius 1 is 0.917 bits per heavy atom. The van der Waals surface area contributed by atoms with Crippen LogP contribution in [0.4, 0.5) is 5.69 Å². The Balaban J connectivity index is 1.49. The van der Waals surface area contributed by atoms with Gasteiger partial charge in [-0.3, -0.25) is 4.79 Å². The molecule has 0 saturated carbocycles. The van der Waals surface area contributed by atoms with Gasteiger partial charge in [0, 0.05) is 10.7 Å². The van der Waals surface area contributed by atoms with Crippen molar-refractivity contribution in [3.05, 3.63) is 88.4 Å². The van der Waals surface area contributed by atoms with Crippen molar-refractivity contribution < 1.29 is 4.79 Å². The van der Waals surface area contributed by atoms with Crippen LogP contribution in [0.25, 0.3) is 11.1 Å². The number of nitrogens with one attached hydrogen (secondary N) is 1. The first-order valence-corrected chi connectivity index (χ1v) is 8.32. The van der Waals surface area contributed by atoms with Crippen molar-refractivity contribution in [3.63, 3.8) is 0 Å². The summed E-state index contributed by atoms with van der Waals surface area (Å²) in [6.45, 7) is 0. The van der Waals surface area contributed by atoms with E-state index in [1.807, 2.05) is 18.2 Å². The van der Waals surface area contributed by atoms with E-state index in [4.69, 9.17) is 11.6 Å². The number of fused-ring (bicyclic) bond motifs is 3. The van der Waals surface area contributed by atoms with Crippen LogP contribution in [0, 0.1) is 0 Å². The summed E-state index contributed by atoms with van der Waals surface area (Å²) in [6.07, 6.45) is 1.26. The second kappa shape index (κ2) is 6.14. The summed E-state index contributed by atoms with van der Waals surface area (Å²) in [6, 6.07) is 22.0. The summed E-state index contributed by atoms with van der Waals surface area (Å²) in [4.78, 5) is 12.2. The molecule has 0 unspecified atom stereocenters. The molecule has 1 amide bonds. The Hall–Kier alpha value is -2.58. The van der Waals surface area contributed by atoms with Crippen LogP contribution in [0.2, 0.25) is 5.02 Å². The van der Waals surface area contributed by atoms with E-state index in [1.165, 1.54) is 22.3 Å². The summed E-state index contributed by atoms with van der Waals surface area (Å²) >= 11 is 5.87. The molecule has 0 atom stereocenters. The minimum Gasteiger partial charge on any atom is -0.326 e. The maximum Gasteiger partial charge on any atom is 0.228 e. The van der Waals surface area contributed by atoms with E-state index in [0.29, 0.717) is 11.4 Å². The number of anilines is 1. The van der Waals surface area contributed by atoms with Gasteiger partial charge >= 0.3 is 0 Å². The molecule has 1 aliphatic carbocycles. The molecule has 0 aliphatic heterocycles. The first kappa shape index (κ1) is 15.0. The number of halogens is 1. The van der Waals surface area contributed by atoms with Crippen LogP contribution < -0.4 is 5.32 Å². The average Bonchev–Trinajstić information content (AvgIpc) is 2.94. The maximum atomic E-state index is 12.2. The smallest absolute Gasteiger partial charge is 0.228 e. The predicted octanol–water partition coefficient (Wildman–Crippen LogP) is 5.09. The van der Waals surface area contributed by atoms with Gasteiger partial charge in [0.05, 0.1) is 6.42 Å². The van der Waals surface area contributed by atoms with Crippen molar-refractivity contribution in [2.24, 2.45) is 0 Å². The highest BCUT2D eigenvalue weighted by Crippen LogP contribution is 2.37. The molecule has 0 heterocycles. The van der Waals surface area contributed by atoms with Gasteiger partial charge in [-0.1, -0.05) is 54.1 Å². The van der Waals surface area contributed by atoms with E-state index in [9.17, 15) is 4.79 Å². The summed E-state index contributed by atoms with van der Waals surface area (Å²) in [5.74, 6) is -0.0206. The number of hydrogen-bond donors (Lipinski definition) is 1. The second-order valence-electron chi connectivity index (χ2n) is 6.06. The molecule has 24 heavy (non-hydrogen) atoms. The molecule has 3 aromatic carbocycles. The van der Waals surface area contributed by atoms with E-state index >= 15 is 0 Å². The molecule has 0 saturated heterocycles. The Kier molecular flexibility index (Phi) is 3.83. The summed E-state index contributed by atoms with van der Waals surface area (Å²) in [7, 11) is 0. The normalized spacial score (nSPS) is 11.7. The summed E-state index contributed by atoms with van der Waals surface area (Å²) in [5, 5.41) is 3.67. The van der Waals surface area contributed by atoms with Gasteiger partial charge in [-0.05, 0) is 58.5 Å². The van der Waals surface area contributed by atoms with Crippen molar-refractivity contribution in [1.82, 2.24) is 0 Å². The molecule has 0 spiro atoms. The molecular weight excluding hydrogens is 318 g/mol. The highest BCUT2D eigenvalue weighted by molar-refractivity contribution is 6.30. The number of amides is 1. The molecule has 0 bridgehead atoms. The zero-order valence-corrected chi connectivity index (χ0v) is 13.8. The summed E-state index contributed by atoms with van der Waals surface area (Å²) < 4.78 is 0. The Labute approximate surface area is 146 Å². The Morgan fingerprint density at radius 3 is 2.50 bits per heavy atom. The lowest BCUT2D eigenvalue weighted by atomic mass is 10.1. The van der Waals surface area contributed by atoms with Crippen LogP contribution in [-0.2, 0) is 17.6 Å². The monoisotopic (exact) mass is 333 g/mol. The first-order valence-electron chi connectivity index (χ1n) is 7.94. The fourth-order valence-electron chi connectivity index (χ4n) is 3.22. The molecule has 0 fully saturated rings. The van der Waals surface area contributed by atoms with E-state index in [2.05, 4.69) is 41.7 Å². The van der Waals surface area contributed by atoms with Gasteiger partial charge in [-0.25, -0.2) is 0 Å². The molecule has 1 N–H and O–H groups in total. The summed E-state index contributed by atoms with van der Waals surface area (Å²) in [5.41, 5.74) is 6.97. The largest absolute Gasteiger partial charge is 0.326 e. The first-order chi connectivity index (χ1) is 11.7. The number of hydrogen-bond acceptors (Lipinski definition) is 1. The van der Waals surface area contributed by atoms with Crippen LogP contribution in [0.5, 0.6) is 0 Å². The number of benzene rings is 3. The number of carbonyl (C=O) groups is 1. The van der Waals surface area contributed by atoms with Crippen molar-refractivity contribution in [1.29, 1.82) is 0 Å². The lowest BCUT2D eigenvalue weighted by Crippen LogP contribution is -2.14. The van der Waals surface area contributed by atoms with Gasteiger partial charge in [-0.2, -0.15) is 0 Å². The highest BCUT2D eigenvalue weighted by Gasteiger charge is 2.18. The van der Waals surface area contributed by atoms with Crippen LogP contribution in [0.1, 0.15) is 16.7 Å². The molecule has 0 aromatic heterocycles. The molecule has 0 radical (unpaired) electrons. The Bertz CT molecular complexity index is 915. The zero-order valence-electron chi connectivity index (χ0n) is 13.1. The topological polar surface area (TPSA) is 29.1 Å². The van der Waals surface area contributed by atoms with Gasteiger partial charge in [0.25, 0.3) is 0 Å². The molecule has 1 aliphatic rings. The van der Waals surface area contributed by atoms with Crippen molar-refractivity contribution in [2.45, 2.75) is 12.8 Å². The molecule has 3 aromatic rings. The number of carbonyl (C=O) groups excluding carboxylic acids is 1. The quantitative estimate of drug-likeness (QED) is 0.555. The third-order valence-corrected chi connectivity index (χ3v) is 4.61. The molecular formula is C21H16ClNO. The van der Waals surface area contributed by atoms with Crippen LogP contribution >= 0.6 is 11.6 Å². The van der Waals surface area contributed by atoms with Gasteiger partial charge in [0.2, 0.25) is 5.91 Å². The molecule has 3 heteroatoms. The second-order valence-corrected chi connectivity index (χ2v) is 6.49. The molecule has 118 valence electrons. The third kappa shape index (κ3) is 2.93. The average molecular weight is 334 g/mol. The van der Waals surface area contributed by atoms with Crippen molar-refractivity contribution in [3.8, 4) is 11.1 Å². The van der Waals surface area contributed by atoms with E-state index < -0.39 is 0 Å². The van der Waals surface area contributed by atoms with Crippen LogP contribution in [-0.4, -0.2) is 5.91 Å². The van der Waals surface area contributed by atoms with E-state index in [0.717, 1.165) is 17.7 Å². The molecule has 2 nitrogen and oxygen atoms in total. The predicted molar refractivity (Wildman–Crippen MR) is 98.5 cm³/mol. The van der Waals surface area contributed by atoms with E-state index in [-0.39, 0.29) is 5.91 Å². The van der Waals surface area contributed by atoms with Gasteiger partial charge in [0.15, 0.2) is 0 Å². The minimum absolute atomic E-state index is 0.0206. The van der Waals surface area contributed by atoms with Gasteiger partial charge in [0.1, 0.15) is 0 Å². The molecule has 4 rings (SSSR count). The minimum atomic E-state index is -0.0206. The fraction of sp³-hybridized carbons (Fsp3) is 0.0952. The van der Waals surface area contributed by atoms with Crippen LogP contribution in [0.3, 0.4) is 0 Å². The number of rotatable bonds is 3. The van der Waals surface area contributed by atoms with Gasteiger partial charge in [-0.15, -0.1) is 0 Å². The lowest BCUT2D eigenvalue weighted by Gasteiger charge is -2.08. The third-order valence-electron chi connectivity index (χ3n) is 4.36. The maximum absolute atomic E-state index is 12.2. The van der Waals surface area contributed by atoms with Gasteiger partial charge < -0.3 is 5.32 Å². The van der Waals surface area contributed by atoms with Crippen molar-refractivity contribution in [2.75, 3.05) is 5.32 Å².